The van der Waals surface area contributed by atoms with Crippen molar-refractivity contribution in [1.82, 2.24) is 5.32 Å². The molecule has 0 spiro atoms. The summed E-state index contributed by atoms with van der Waals surface area (Å²) in [6, 6.07) is 4.39. The van der Waals surface area contributed by atoms with Gasteiger partial charge in [-0.3, -0.25) is 0 Å². The van der Waals surface area contributed by atoms with E-state index >= 15 is 0 Å². The van der Waals surface area contributed by atoms with Crippen LogP contribution in [0.3, 0.4) is 0 Å². The number of furan rings is 1. The second-order valence-electron chi connectivity index (χ2n) is 3.57. The van der Waals surface area contributed by atoms with Gasteiger partial charge in [0.2, 0.25) is 0 Å². The van der Waals surface area contributed by atoms with Crippen molar-refractivity contribution in [1.29, 1.82) is 0 Å². The minimum Gasteiger partial charge on any atom is -0.468 e. The first-order valence-electron chi connectivity index (χ1n) is 5.17. The lowest BCUT2D eigenvalue weighted by Crippen LogP contribution is -2.34. The van der Waals surface area contributed by atoms with E-state index in [9.17, 15) is 0 Å². The maximum Gasteiger partial charge on any atom is 0.120 e. The molecule has 1 rings (SSSR count). The van der Waals surface area contributed by atoms with Gasteiger partial charge in [0, 0.05) is 18.4 Å². The lowest BCUT2D eigenvalue weighted by molar-refractivity contribution is 0.262. The molecule has 3 nitrogen and oxygen atoms in total. The quantitative estimate of drug-likeness (QED) is 0.751. The first kappa shape index (κ1) is 12.6. The smallest absolute Gasteiger partial charge is 0.120 e. The fraction of sp³-hybridized carbons (Fsp3) is 0.636. The second kappa shape index (κ2) is 6.93. The van der Waals surface area contributed by atoms with Crippen LogP contribution >= 0.6 is 11.8 Å². The molecule has 1 aromatic rings. The zero-order chi connectivity index (χ0) is 11.1. The molecule has 2 N–H and O–H groups in total. The Labute approximate surface area is 95.2 Å². The first-order valence-corrected chi connectivity index (χ1v) is 6.56. The molecule has 0 aliphatic carbocycles. The summed E-state index contributed by atoms with van der Waals surface area (Å²) in [6.07, 6.45) is 4.54. The average molecular weight is 229 g/mol. The summed E-state index contributed by atoms with van der Waals surface area (Å²) in [5.74, 6) is 1.95. The Bertz CT molecular complexity index is 245. The van der Waals surface area contributed by atoms with Gasteiger partial charge in [-0.1, -0.05) is 0 Å². The molecule has 0 radical (unpaired) electrons. The maximum absolute atomic E-state index is 8.93. The number of aliphatic hydroxyl groups is 1. The molecule has 86 valence electrons. The topological polar surface area (TPSA) is 45.4 Å². The Morgan fingerprint density at radius 1 is 1.60 bits per heavy atom. The van der Waals surface area contributed by atoms with Crippen molar-refractivity contribution >= 4 is 11.8 Å². The minimum absolute atomic E-state index is 0.198. The van der Waals surface area contributed by atoms with Gasteiger partial charge in [-0.15, -0.1) is 0 Å². The largest absolute Gasteiger partial charge is 0.468 e. The van der Waals surface area contributed by atoms with Crippen molar-refractivity contribution in [2.24, 2.45) is 0 Å². The summed E-state index contributed by atoms with van der Waals surface area (Å²) in [6.45, 7) is 2.30. The summed E-state index contributed by atoms with van der Waals surface area (Å²) in [5.41, 5.74) is 0. The number of thioether (sulfide) groups is 1. The van der Waals surface area contributed by atoms with Gasteiger partial charge >= 0.3 is 0 Å². The van der Waals surface area contributed by atoms with Gasteiger partial charge < -0.3 is 14.8 Å². The first-order chi connectivity index (χ1) is 7.27. The Morgan fingerprint density at radius 2 is 2.40 bits per heavy atom. The van der Waals surface area contributed by atoms with Crippen LogP contribution in [0.15, 0.2) is 22.8 Å². The maximum atomic E-state index is 8.93. The molecule has 0 bridgehead atoms. The third-order valence-corrected chi connectivity index (χ3v) is 3.04. The molecular weight excluding hydrogens is 210 g/mol. The third kappa shape index (κ3) is 4.28. The van der Waals surface area contributed by atoms with E-state index < -0.39 is 0 Å². The number of hydrogen-bond donors (Lipinski definition) is 2. The monoisotopic (exact) mass is 229 g/mol. The van der Waals surface area contributed by atoms with Crippen LogP contribution in [0.5, 0.6) is 0 Å². The van der Waals surface area contributed by atoms with E-state index in [1.165, 1.54) is 0 Å². The van der Waals surface area contributed by atoms with Crippen LogP contribution in [0.1, 0.15) is 25.1 Å². The van der Waals surface area contributed by atoms with Crippen molar-refractivity contribution < 1.29 is 9.52 Å². The number of rotatable bonds is 7. The Morgan fingerprint density at radius 3 is 2.93 bits per heavy atom. The third-order valence-electron chi connectivity index (χ3n) is 2.30. The second-order valence-corrected chi connectivity index (χ2v) is 4.48. The number of hydrogen-bond acceptors (Lipinski definition) is 4. The van der Waals surface area contributed by atoms with Gasteiger partial charge in [0.1, 0.15) is 5.76 Å². The summed E-state index contributed by atoms with van der Waals surface area (Å²) in [7, 11) is 0. The Balaban J connectivity index is 2.43. The predicted octanol–water partition coefficient (Wildman–Crippen LogP) is 2.04. The fourth-order valence-corrected chi connectivity index (χ4v) is 2.21. The average Bonchev–Trinajstić information content (AvgIpc) is 2.71. The van der Waals surface area contributed by atoms with Gasteiger partial charge in [0.25, 0.3) is 0 Å². The van der Waals surface area contributed by atoms with Gasteiger partial charge in [-0.25, -0.2) is 0 Å². The number of aliphatic hydroxyl groups excluding tert-OH is 1. The van der Waals surface area contributed by atoms with Crippen LogP contribution in [-0.2, 0) is 0 Å². The zero-order valence-corrected chi connectivity index (χ0v) is 10.1. The molecule has 0 amide bonds. The van der Waals surface area contributed by atoms with E-state index in [4.69, 9.17) is 9.52 Å². The van der Waals surface area contributed by atoms with Crippen LogP contribution in [-0.4, -0.2) is 29.8 Å². The molecule has 0 aromatic carbocycles. The highest BCUT2D eigenvalue weighted by Gasteiger charge is 2.14. The molecule has 1 heterocycles. The standard InChI is InChI=1S/C11H19NO2S/c1-9(11-4-3-7-14-11)12-10(5-6-13)8-15-2/h3-4,7,9-10,12-13H,5-6,8H2,1-2H3. The normalized spacial score (nSPS) is 15.1. The van der Waals surface area contributed by atoms with Crippen LogP contribution in [0.4, 0.5) is 0 Å². The molecule has 15 heavy (non-hydrogen) atoms. The SMILES string of the molecule is CSCC(CCO)NC(C)c1ccco1. The van der Waals surface area contributed by atoms with Crippen molar-refractivity contribution in [2.45, 2.75) is 25.4 Å². The molecule has 0 aliphatic rings. The van der Waals surface area contributed by atoms with Gasteiger partial charge in [-0.05, 0) is 31.7 Å². The summed E-state index contributed by atoms with van der Waals surface area (Å²) in [5, 5.41) is 12.4. The molecule has 1 aromatic heterocycles. The highest BCUT2D eigenvalue weighted by Crippen LogP contribution is 2.14. The van der Waals surface area contributed by atoms with Gasteiger partial charge in [0.05, 0.1) is 12.3 Å². The van der Waals surface area contributed by atoms with Crippen molar-refractivity contribution in [3.8, 4) is 0 Å². The zero-order valence-electron chi connectivity index (χ0n) is 9.27. The lowest BCUT2D eigenvalue weighted by Gasteiger charge is -2.20. The Hall–Kier alpha value is -0.450. The molecule has 0 fully saturated rings. The van der Waals surface area contributed by atoms with Crippen LogP contribution in [0.25, 0.3) is 0 Å². The van der Waals surface area contributed by atoms with Crippen LogP contribution < -0.4 is 5.32 Å². The minimum atomic E-state index is 0.198. The molecular formula is C11H19NO2S. The van der Waals surface area contributed by atoms with E-state index in [0.717, 1.165) is 17.9 Å². The molecule has 2 unspecified atom stereocenters. The van der Waals surface area contributed by atoms with E-state index in [1.807, 2.05) is 12.1 Å². The van der Waals surface area contributed by atoms with Crippen molar-refractivity contribution in [3.05, 3.63) is 24.2 Å². The number of nitrogens with one attached hydrogen (secondary N) is 1. The van der Waals surface area contributed by atoms with E-state index in [0.29, 0.717) is 6.04 Å². The fourth-order valence-electron chi connectivity index (χ4n) is 1.55. The van der Waals surface area contributed by atoms with E-state index in [1.54, 1.807) is 18.0 Å². The molecule has 0 saturated carbocycles. The highest BCUT2D eigenvalue weighted by molar-refractivity contribution is 7.98. The van der Waals surface area contributed by atoms with Crippen LogP contribution in [0.2, 0.25) is 0 Å². The summed E-state index contributed by atoms with van der Waals surface area (Å²) < 4.78 is 5.32. The Kier molecular flexibility index (Phi) is 5.83. The summed E-state index contributed by atoms with van der Waals surface area (Å²) >= 11 is 1.78. The van der Waals surface area contributed by atoms with Crippen molar-refractivity contribution in [3.63, 3.8) is 0 Å². The van der Waals surface area contributed by atoms with Gasteiger partial charge in [-0.2, -0.15) is 11.8 Å². The van der Waals surface area contributed by atoms with Gasteiger partial charge in [0.15, 0.2) is 0 Å². The lowest BCUT2D eigenvalue weighted by atomic mass is 10.2. The molecule has 0 aliphatic heterocycles. The van der Waals surface area contributed by atoms with Crippen molar-refractivity contribution in [2.75, 3.05) is 18.6 Å². The molecule has 2 atom stereocenters. The van der Waals surface area contributed by atoms with E-state index in [-0.39, 0.29) is 12.6 Å². The predicted molar refractivity (Wildman–Crippen MR) is 64.1 cm³/mol. The van der Waals surface area contributed by atoms with Crippen LogP contribution in [0, 0.1) is 0 Å². The highest BCUT2D eigenvalue weighted by atomic mass is 32.2. The molecule has 0 saturated heterocycles. The van der Waals surface area contributed by atoms with E-state index in [2.05, 4.69) is 18.5 Å². The summed E-state index contributed by atoms with van der Waals surface area (Å²) in [4.78, 5) is 0. The molecule has 4 heteroatoms.